The zero-order valence-electron chi connectivity index (χ0n) is 12.2. The van der Waals surface area contributed by atoms with E-state index in [0.717, 1.165) is 8.66 Å². The van der Waals surface area contributed by atoms with E-state index in [4.69, 9.17) is 20.8 Å². The second-order valence-electron chi connectivity index (χ2n) is 4.44. The van der Waals surface area contributed by atoms with Crippen LogP contribution >= 0.6 is 38.9 Å². The van der Waals surface area contributed by atoms with Gasteiger partial charge >= 0.3 is 12.0 Å². The molecule has 0 atom stereocenters. The van der Waals surface area contributed by atoms with E-state index < -0.39 is 6.03 Å². The lowest BCUT2D eigenvalue weighted by atomic mass is 10.3. The fourth-order valence-corrected chi connectivity index (χ4v) is 3.31. The third-order valence-electron chi connectivity index (χ3n) is 2.84. The zero-order chi connectivity index (χ0) is 17.1. The Morgan fingerprint density at radius 2 is 2.12 bits per heavy atom. The summed E-state index contributed by atoms with van der Waals surface area (Å²) in [5.41, 5.74) is 0.421. The Hall–Kier alpha value is -2.10. The SMILES string of the molecule is COc1ccc(Cl)cc1NC(=O)Nc1nnc(-c2ccc(Br)s2)o1. The number of urea groups is 1. The zero-order valence-corrected chi connectivity index (χ0v) is 15.3. The van der Waals surface area contributed by atoms with Crippen molar-refractivity contribution in [3.63, 3.8) is 0 Å². The van der Waals surface area contributed by atoms with Crippen molar-refractivity contribution in [1.82, 2.24) is 10.2 Å². The van der Waals surface area contributed by atoms with Crippen molar-refractivity contribution in [1.29, 1.82) is 0 Å². The molecule has 124 valence electrons. The number of ether oxygens (including phenoxy) is 1. The van der Waals surface area contributed by atoms with Crippen LogP contribution in [0.2, 0.25) is 5.02 Å². The van der Waals surface area contributed by atoms with Gasteiger partial charge in [0.1, 0.15) is 5.75 Å². The first-order valence-electron chi connectivity index (χ1n) is 6.56. The van der Waals surface area contributed by atoms with Crippen LogP contribution in [0.25, 0.3) is 10.8 Å². The van der Waals surface area contributed by atoms with Gasteiger partial charge in [0, 0.05) is 5.02 Å². The van der Waals surface area contributed by atoms with Crippen molar-refractivity contribution in [3.05, 3.63) is 39.1 Å². The van der Waals surface area contributed by atoms with Gasteiger partial charge in [-0.25, -0.2) is 4.79 Å². The maximum Gasteiger partial charge on any atom is 0.327 e. The summed E-state index contributed by atoms with van der Waals surface area (Å²) in [5.74, 6) is 0.797. The van der Waals surface area contributed by atoms with Gasteiger partial charge < -0.3 is 14.5 Å². The second kappa shape index (κ2) is 7.20. The smallest absolute Gasteiger partial charge is 0.327 e. The van der Waals surface area contributed by atoms with E-state index in [1.807, 2.05) is 12.1 Å². The molecule has 0 aliphatic carbocycles. The number of anilines is 2. The molecule has 2 heterocycles. The predicted octanol–water partition coefficient (Wildman–Crippen LogP) is 4.87. The van der Waals surface area contributed by atoms with E-state index in [1.165, 1.54) is 18.4 Å². The van der Waals surface area contributed by atoms with Crippen molar-refractivity contribution in [2.45, 2.75) is 0 Å². The van der Waals surface area contributed by atoms with Crippen LogP contribution in [0.1, 0.15) is 0 Å². The minimum absolute atomic E-state index is 0.0204. The largest absolute Gasteiger partial charge is 0.495 e. The highest BCUT2D eigenvalue weighted by atomic mass is 79.9. The highest BCUT2D eigenvalue weighted by Crippen LogP contribution is 2.31. The molecule has 2 N–H and O–H groups in total. The number of rotatable bonds is 4. The molecule has 0 bridgehead atoms. The van der Waals surface area contributed by atoms with Gasteiger partial charge in [0.2, 0.25) is 0 Å². The highest BCUT2D eigenvalue weighted by molar-refractivity contribution is 9.11. The second-order valence-corrected chi connectivity index (χ2v) is 7.34. The number of benzene rings is 1. The normalized spacial score (nSPS) is 10.5. The minimum atomic E-state index is -0.557. The van der Waals surface area contributed by atoms with Gasteiger partial charge in [-0.15, -0.1) is 16.4 Å². The molecule has 7 nitrogen and oxygen atoms in total. The molecule has 0 unspecified atom stereocenters. The molecule has 0 spiro atoms. The van der Waals surface area contributed by atoms with E-state index in [9.17, 15) is 4.79 Å². The minimum Gasteiger partial charge on any atom is -0.495 e. The van der Waals surface area contributed by atoms with Crippen molar-refractivity contribution in [3.8, 4) is 16.5 Å². The van der Waals surface area contributed by atoms with Crippen LogP contribution in [0, 0.1) is 0 Å². The summed E-state index contributed by atoms with van der Waals surface area (Å²) >= 11 is 10.7. The Balaban J connectivity index is 1.69. The van der Waals surface area contributed by atoms with Crippen LogP contribution in [0.15, 0.2) is 38.5 Å². The molecule has 3 rings (SSSR count). The van der Waals surface area contributed by atoms with Crippen LogP contribution < -0.4 is 15.4 Å². The monoisotopic (exact) mass is 428 g/mol. The molecule has 0 saturated heterocycles. The molecule has 1 aromatic carbocycles. The number of hydrogen-bond donors (Lipinski definition) is 2. The maximum atomic E-state index is 12.1. The average molecular weight is 430 g/mol. The Bertz CT molecular complexity index is 883. The molecule has 3 aromatic rings. The Morgan fingerprint density at radius 1 is 1.29 bits per heavy atom. The molecule has 2 amide bonds. The first-order chi connectivity index (χ1) is 11.5. The van der Waals surface area contributed by atoms with E-state index in [2.05, 4.69) is 36.8 Å². The molecule has 0 radical (unpaired) electrons. The van der Waals surface area contributed by atoms with Crippen molar-refractivity contribution >= 4 is 56.6 Å². The van der Waals surface area contributed by atoms with Crippen LogP contribution in [0.3, 0.4) is 0 Å². The number of halogens is 2. The summed E-state index contributed by atoms with van der Waals surface area (Å²) in [6.07, 6.45) is 0. The first kappa shape index (κ1) is 16.7. The number of hydrogen-bond acceptors (Lipinski definition) is 6. The van der Waals surface area contributed by atoms with Crippen molar-refractivity contribution < 1.29 is 13.9 Å². The standard InChI is InChI=1S/C14H10BrClN4O3S/c1-22-9-3-2-7(16)6-8(9)17-13(21)18-14-20-19-12(23-14)10-4-5-11(15)24-10/h2-6H,1H3,(H2,17,18,20,21). The van der Waals surface area contributed by atoms with E-state index in [-0.39, 0.29) is 6.01 Å². The van der Waals surface area contributed by atoms with Gasteiger partial charge in [0.05, 0.1) is 21.5 Å². The number of aromatic nitrogens is 2. The van der Waals surface area contributed by atoms with Crippen LogP contribution in [-0.4, -0.2) is 23.3 Å². The summed E-state index contributed by atoms with van der Waals surface area (Å²) in [6.45, 7) is 0. The summed E-state index contributed by atoms with van der Waals surface area (Å²) in [7, 11) is 1.50. The number of thiophene rings is 1. The Morgan fingerprint density at radius 3 is 2.83 bits per heavy atom. The average Bonchev–Trinajstić information content (AvgIpc) is 3.16. The molecular formula is C14H10BrClN4O3S. The first-order valence-corrected chi connectivity index (χ1v) is 8.54. The lowest BCUT2D eigenvalue weighted by Gasteiger charge is -2.10. The van der Waals surface area contributed by atoms with Crippen LogP contribution in [0.4, 0.5) is 16.5 Å². The van der Waals surface area contributed by atoms with Gasteiger partial charge in [0.25, 0.3) is 5.89 Å². The third-order valence-corrected chi connectivity index (χ3v) is 4.69. The fraction of sp³-hybridized carbons (Fsp3) is 0.0714. The highest BCUT2D eigenvalue weighted by Gasteiger charge is 2.14. The number of nitrogens with one attached hydrogen (secondary N) is 2. The van der Waals surface area contributed by atoms with E-state index >= 15 is 0 Å². The molecule has 2 aromatic heterocycles. The predicted molar refractivity (Wildman–Crippen MR) is 96.0 cm³/mol. The number of nitrogens with zero attached hydrogens (tertiary/aromatic N) is 2. The van der Waals surface area contributed by atoms with Gasteiger partial charge in [-0.05, 0) is 46.3 Å². The van der Waals surface area contributed by atoms with Gasteiger partial charge in [-0.3, -0.25) is 5.32 Å². The topological polar surface area (TPSA) is 89.3 Å². The molecule has 0 saturated carbocycles. The van der Waals surface area contributed by atoms with E-state index in [1.54, 1.807) is 18.2 Å². The van der Waals surface area contributed by atoms with Crippen LogP contribution in [-0.2, 0) is 0 Å². The summed E-state index contributed by atoms with van der Waals surface area (Å²) < 4.78 is 11.5. The molecule has 0 aliphatic rings. The third kappa shape index (κ3) is 3.86. The molecule has 24 heavy (non-hydrogen) atoms. The molecular weight excluding hydrogens is 420 g/mol. The van der Waals surface area contributed by atoms with Crippen LogP contribution in [0.5, 0.6) is 5.75 Å². The number of carbonyl (C=O) groups excluding carboxylic acids is 1. The maximum absolute atomic E-state index is 12.1. The number of carbonyl (C=O) groups is 1. The molecule has 0 fully saturated rings. The lowest BCUT2D eigenvalue weighted by molar-refractivity contribution is 0.261. The summed E-state index contributed by atoms with van der Waals surface area (Å²) in [5, 5.41) is 13.2. The Labute approximate surface area is 154 Å². The van der Waals surface area contributed by atoms with Gasteiger partial charge in [-0.1, -0.05) is 16.7 Å². The van der Waals surface area contributed by atoms with Crippen molar-refractivity contribution in [2.24, 2.45) is 0 Å². The fourth-order valence-electron chi connectivity index (χ4n) is 1.83. The van der Waals surface area contributed by atoms with Gasteiger partial charge in [-0.2, -0.15) is 0 Å². The number of amides is 2. The lowest BCUT2D eigenvalue weighted by Crippen LogP contribution is -2.20. The summed E-state index contributed by atoms with van der Waals surface area (Å²) in [6, 6.07) is 8.01. The molecule has 10 heteroatoms. The van der Waals surface area contributed by atoms with Gasteiger partial charge in [0.15, 0.2) is 0 Å². The Kier molecular flexibility index (Phi) is 5.03. The summed E-state index contributed by atoms with van der Waals surface area (Å²) in [4.78, 5) is 12.8. The number of methoxy groups -OCH3 is 1. The van der Waals surface area contributed by atoms with E-state index in [0.29, 0.717) is 22.4 Å². The quantitative estimate of drug-likeness (QED) is 0.618. The molecule has 0 aliphatic heterocycles. The van der Waals surface area contributed by atoms with Crippen molar-refractivity contribution in [2.75, 3.05) is 17.7 Å².